The maximum Gasteiger partial charge on any atom is 0.226 e. The van der Waals surface area contributed by atoms with Gasteiger partial charge in [0, 0.05) is 13.5 Å². The molecule has 0 radical (unpaired) electrons. The Labute approximate surface area is 154 Å². The first-order valence-corrected chi connectivity index (χ1v) is 9.07. The molecule has 0 saturated carbocycles. The summed E-state index contributed by atoms with van der Waals surface area (Å²) in [4.78, 5) is 0. The number of fused-ring (bicyclic) bond motifs is 1. The summed E-state index contributed by atoms with van der Waals surface area (Å²) in [6.45, 7) is 6.52. The molecule has 26 heavy (non-hydrogen) atoms. The summed E-state index contributed by atoms with van der Waals surface area (Å²) < 4.78 is 19.2. The molecule has 0 amide bonds. The van der Waals surface area contributed by atoms with E-state index < -0.39 is 0 Å². The number of para-hydroxylation sites is 2. The molecular weight excluding hydrogens is 354 g/mol. The van der Waals surface area contributed by atoms with Crippen LogP contribution < -0.4 is 9.47 Å². The number of thioether (sulfide) groups is 1. The molecule has 3 heterocycles. The third kappa shape index (κ3) is 3.30. The van der Waals surface area contributed by atoms with E-state index in [0.717, 1.165) is 10.9 Å². The Morgan fingerprint density at radius 2 is 2.08 bits per heavy atom. The number of hydrogen-bond donors (Lipinski definition) is 0. The molecule has 1 atom stereocenters. The molecular formula is C17H17N5O3S. The van der Waals surface area contributed by atoms with Crippen LogP contribution >= 0.6 is 11.8 Å². The van der Waals surface area contributed by atoms with Crippen molar-refractivity contribution < 1.29 is 13.9 Å². The van der Waals surface area contributed by atoms with E-state index in [-0.39, 0.29) is 6.10 Å². The van der Waals surface area contributed by atoms with Crippen molar-refractivity contribution in [3.05, 3.63) is 54.5 Å². The summed E-state index contributed by atoms with van der Waals surface area (Å²) in [6.07, 6.45) is 1.46. The molecule has 3 aromatic rings. The lowest BCUT2D eigenvalue weighted by Gasteiger charge is -2.26. The lowest BCUT2D eigenvalue weighted by atomic mass is 10.2. The van der Waals surface area contributed by atoms with Gasteiger partial charge in [0.2, 0.25) is 11.8 Å². The summed E-state index contributed by atoms with van der Waals surface area (Å²) in [5.41, 5.74) is 0. The highest BCUT2D eigenvalue weighted by Crippen LogP contribution is 2.36. The highest BCUT2D eigenvalue weighted by molar-refractivity contribution is 7.98. The van der Waals surface area contributed by atoms with Crippen molar-refractivity contribution in [3.63, 3.8) is 0 Å². The quantitative estimate of drug-likeness (QED) is 0.483. The van der Waals surface area contributed by atoms with Crippen molar-refractivity contribution in [2.75, 3.05) is 6.61 Å². The average Bonchev–Trinajstić information content (AvgIpc) is 3.26. The Morgan fingerprint density at radius 1 is 1.23 bits per heavy atom. The average molecular weight is 371 g/mol. The topological polar surface area (TPSA) is 88.1 Å². The van der Waals surface area contributed by atoms with Crippen molar-refractivity contribution >= 4 is 11.8 Å². The Balaban J connectivity index is 1.55. The van der Waals surface area contributed by atoms with Gasteiger partial charge < -0.3 is 13.9 Å². The minimum atomic E-state index is -0.336. The predicted molar refractivity (Wildman–Crippen MR) is 94.1 cm³/mol. The van der Waals surface area contributed by atoms with E-state index in [0.29, 0.717) is 42.3 Å². The van der Waals surface area contributed by atoms with Crippen LogP contribution in [0.2, 0.25) is 0 Å². The van der Waals surface area contributed by atoms with E-state index in [4.69, 9.17) is 13.9 Å². The van der Waals surface area contributed by atoms with Crippen LogP contribution in [-0.4, -0.2) is 31.6 Å². The number of benzene rings is 1. The minimum Gasteiger partial charge on any atom is -0.485 e. The number of rotatable bonds is 6. The molecule has 1 unspecified atom stereocenters. The highest BCUT2D eigenvalue weighted by Gasteiger charge is 2.28. The van der Waals surface area contributed by atoms with Crippen LogP contribution in [0.1, 0.15) is 23.7 Å². The van der Waals surface area contributed by atoms with E-state index in [1.807, 2.05) is 28.8 Å². The van der Waals surface area contributed by atoms with Crippen LogP contribution in [-0.2, 0) is 12.3 Å². The molecule has 134 valence electrons. The fourth-order valence-electron chi connectivity index (χ4n) is 2.61. The zero-order chi connectivity index (χ0) is 17.9. The second-order valence-corrected chi connectivity index (χ2v) is 6.55. The Kier molecular flexibility index (Phi) is 4.61. The summed E-state index contributed by atoms with van der Waals surface area (Å²) in [5.74, 6) is 3.74. The molecule has 0 spiro atoms. The number of hydrogen-bond acceptors (Lipinski definition) is 8. The first kappa shape index (κ1) is 16.6. The lowest BCUT2D eigenvalue weighted by molar-refractivity contribution is 0.0821. The summed E-state index contributed by atoms with van der Waals surface area (Å²) in [6, 6.07) is 7.58. The molecule has 0 bridgehead atoms. The van der Waals surface area contributed by atoms with E-state index in [1.54, 1.807) is 13.0 Å². The van der Waals surface area contributed by atoms with Crippen molar-refractivity contribution in [1.82, 2.24) is 25.0 Å². The fourth-order valence-corrected chi connectivity index (χ4v) is 3.41. The lowest BCUT2D eigenvalue weighted by Crippen LogP contribution is -2.25. The van der Waals surface area contributed by atoms with Crippen molar-refractivity contribution in [3.8, 4) is 11.5 Å². The van der Waals surface area contributed by atoms with Gasteiger partial charge in [-0.05, 0) is 12.1 Å². The van der Waals surface area contributed by atoms with Crippen LogP contribution in [0.4, 0.5) is 0 Å². The summed E-state index contributed by atoms with van der Waals surface area (Å²) in [5, 5.41) is 17.2. The van der Waals surface area contributed by atoms with E-state index in [9.17, 15) is 0 Å². The van der Waals surface area contributed by atoms with Crippen LogP contribution in [0.25, 0.3) is 0 Å². The minimum absolute atomic E-state index is 0.336. The van der Waals surface area contributed by atoms with Crippen LogP contribution in [0.15, 0.2) is 46.5 Å². The molecule has 1 aliphatic heterocycles. The number of aromatic nitrogens is 5. The van der Waals surface area contributed by atoms with Gasteiger partial charge >= 0.3 is 0 Å². The van der Waals surface area contributed by atoms with E-state index in [1.165, 1.54) is 11.8 Å². The highest BCUT2D eigenvalue weighted by atomic mass is 32.2. The molecule has 1 aliphatic rings. The van der Waals surface area contributed by atoms with Gasteiger partial charge in [-0.3, -0.25) is 4.57 Å². The third-order valence-corrected chi connectivity index (χ3v) is 4.70. The first-order chi connectivity index (χ1) is 12.7. The number of allylic oxidation sites excluding steroid dienone is 1. The molecule has 0 N–H and O–H groups in total. The summed E-state index contributed by atoms with van der Waals surface area (Å²) >= 11 is 1.47. The largest absolute Gasteiger partial charge is 0.485 e. The smallest absolute Gasteiger partial charge is 0.226 e. The Morgan fingerprint density at radius 3 is 2.85 bits per heavy atom. The van der Waals surface area contributed by atoms with Crippen LogP contribution in [0.3, 0.4) is 0 Å². The van der Waals surface area contributed by atoms with Gasteiger partial charge in [0.05, 0.1) is 5.75 Å². The first-order valence-electron chi connectivity index (χ1n) is 8.09. The maximum atomic E-state index is 6.05. The zero-order valence-electron chi connectivity index (χ0n) is 14.2. The summed E-state index contributed by atoms with van der Waals surface area (Å²) in [7, 11) is 0. The monoisotopic (exact) mass is 371 g/mol. The van der Waals surface area contributed by atoms with Gasteiger partial charge in [-0.2, -0.15) is 0 Å². The number of nitrogens with zero attached hydrogens (tertiary/aromatic N) is 5. The Hall–Kier alpha value is -2.81. The Bertz CT molecular complexity index is 923. The van der Waals surface area contributed by atoms with Gasteiger partial charge in [-0.1, -0.05) is 30.0 Å². The molecule has 0 saturated heterocycles. The maximum absolute atomic E-state index is 6.05. The SMILES string of the molecule is C=CCn1c(SCc2nnc(C)o2)nnc1C1COc2ccccc2O1. The van der Waals surface area contributed by atoms with Gasteiger partial charge in [0.15, 0.2) is 28.6 Å². The van der Waals surface area contributed by atoms with Gasteiger partial charge in [-0.15, -0.1) is 27.0 Å². The molecule has 4 rings (SSSR count). The van der Waals surface area contributed by atoms with Gasteiger partial charge in [-0.25, -0.2) is 0 Å². The molecule has 2 aromatic heterocycles. The van der Waals surface area contributed by atoms with Crippen LogP contribution in [0, 0.1) is 6.92 Å². The normalized spacial score (nSPS) is 15.8. The molecule has 1 aromatic carbocycles. The van der Waals surface area contributed by atoms with Crippen molar-refractivity contribution in [1.29, 1.82) is 0 Å². The van der Waals surface area contributed by atoms with Crippen molar-refractivity contribution in [2.24, 2.45) is 0 Å². The van der Waals surface area contributed by atoms with Gasteiger partial charge in [0.1, 0.15) is 6.61 Å². The van der Waals surface area contributed by atoms with Crippen molar-refractivity contribution in [2.45, 2.75) is 30.5 Å². The van der Waals surface area contributed by atoms with Gasteiger partial charge in [0.25, 0.3) is 0 Å². The third-order valence-electron chi connectivity index (χ3n) is 3.75. The fraction of sp³-hybridized carbons (Fsp3) is 0.294. The van der Waals surface area contributed by atoms with Crippen LogP contribution in [0.5, 0.6) is 11.5 Å². The standard InChI is InChI=1S/C17H17N5O3S/c1-3-8-22-16(14-9-23-12-6-4-5-7-13(12)25-14)20-21-17(22)26-10-15-19-18-11(2)24-15/h3-7,14H,1,8-10H2,2H3. The molecule has 9 heteroatoms. The second kappa shape index (κ2) is 7.20. The number of ether oxygens (including phenoxy) is 2. The number of aryl methyl sites for hydroxylation is 1. The zero-order valence-corrected chi connectivity index (χ0v) is 15.0. The van der Waals surface area contributed by atoms with E-state index >= 15 is 0 Å². The molecule has 8 nitrogen and oxygen atoms in total. The molecule has 0 aliphatic carbocycles. The molecule has 0 fully saturated rings. The predicted octanol–water partition coefficient (Wildman–Crippen LogP) is 2.96. The van der Waals surface area contributed by atoms with E-state index in [2.05, 4.69) is 27.0 Å². The second-order valence-electron chi connectivity index (χ2n) is 5.61.